The Labute approximate surface area is 134 Å². The third-order valence-electron chi connectivity index (χ3n) is 4.28. The van der Waals surface area contributed by atoms with Gasteiger partial charge in [-0.25, -0.2) is 4.39 Å². The van der Waals surface area contributed by atoms with Gasteiger partial charge < -0.3 is 4.74 Å². The van der Waals surface area contributed by atoms with Crippen LogP contribution < -0.4 is 0 Å². The number of hydrogen-bond acceptors (Lipinski definition) is 3. The minimum atomic E-state index is -1.19. The van der Waals surface area contributed by atoms with Crippen molar-refractivity contribution in [3.63, 3.8) is 0 Å². The van der Waals surface area contributed by atoms with Gasteiger partial charge in [0.2, 0.25) is 6.04 Å². The van der Waals surface area contributed by atoms with Crippen molar-refractivity contribution < 1.29 is 14.1 Å². The van der Waals surface area contributed by atoms with E-state index in [2.05, 4.69) is 0 Å². The maximum absolute atomic E-state index is 13.8. The van der Waals surface area contributed by atoms with Gasteiger partial charge in [-0.05, 0) is 51.4 Å². The van der Waals surface area contributed by atoms with Crippen molar-refractivity contribution in [2.75, 3.05) is 6.61 Å². The predicted molar refractivity (Wildman–Crippen MR) is 86.4 cm³/mol. The molecule has 0 spiro atoms. The summed E-state index contributed by atoms with van der Waals surface area (Å²) in [7, 11) is 0. The molecule has 0 saturated heterocycles. The SMILES string of the molecule is CC(C)(F)CC(C)(C)COC1CCCCC([N+](=O)[O-])CCC1. The van der Waals surface area contributed by atoms with Gasteiger partial charge >= 0.3 is 0 Å². The van der Waals surface area contributed by atoms with Gasteiger partial charge in [0, 0.05) is 17.8 Å². The minimum absolute atomic E-state index is 0.131. The number of hydrogen-bond donors (Lipinski definition) is 0. The van der Waals surface area contributed by atoms with Gasteiger partial charge in [-0.1, -0.05) is 20.3 Å². The predicted octanol–water partition coefficient (Wildman–Crippen LogP) is 4.93. The van der Waals surface area contributed by atoms with E-state index >= 15 is 0 Å². The van der Waals surface area contributed by atoms with Crippen LogP contribution in [0.5, 0.6) is 0 Å². The van der Waals surface area contributed by atoms with Crippen molar-refractivity contribution in [1.82, 2.24) is 0 Å². The maximum Gasteiger partial charge on any atom is 0.213 e. The Morgan fingerprint density at radius 1 is 1.09 bits per heavy atom. The molecule has 0 aromatic heterocycles. The molecule has 22 heavy (non-hydrogen) atoms. The molecule has 2 atom stereocenters. The van der Waals surface area contributed by atoms with Gasteiger partial charge in [-0.3, -0.25) is 10.1 Å². The fourth-order valence-electron chi connectivity index (χ4n) is 3.53. The molecule has 1 rings (SSSR count). The van der Waals surface area contributed by atoms with Crippen LogP contribution in [0.1, 0.15) is 79.1 Å². The second-order valence-electron chi connectivity index (χ2n) is 8.15. The Bertz CT molecular complexity index is 352. The summed E-state index contributed by atoms with van der Waals surface area (Å²) in [5.74, 6) is 0. The molecule has 0 bridgehead atoms. The number of alkyl halides is 1. The highest BCUT2D eigenvalue weighted by Crippen LogP contribution is 2.31. The summed E-state index contributed by atoms with van der Waals surface area (Å²) in [6.07, 6.45) is 6.50. The Morgan fingerprint density at radius 3 is 2.23 bits per heavy atom. The maximum atomic E-state index is 13.8. The van der Waals surface area contributed by atoms with E-state index < -0.39 is 5.67 Å². The van der Waals surface area contributed by atoms with Gasteiger partial charge in [0.25, 0.3) is 0 Å². The van der Waals surface area contributed by atoms with Crippen LogP contribution in [-0.2, 0) is 4.74 Å². The molecule has 0 amide bonds. The van der Waals surface area contributed by atoms with E-state index in [1.165, 1.54) is 0 Å². The zero-order chi connectivity index (χ0) is 16.8. The highest BCUT2D eigenvalue weighted by molar-refractivity contribution is 4.79. The van der Waals surface area contributed by atoms with Crippen molar-refractivity contribution in [2.24, 2.45) is 5.41 Å². The molecule has 0 aromatic rings. The molecule has 2 unspecified atom stereocenters. The number of nitrogens with zero attached hydrogens (tertiary/aromatic N) is 1. The highest BCUT2D eigenvalue weighted by Gasteiger charge is 2.30. The van der Waals surface area contributed by atoms with Crippen molar-refractivity contribution in [1.29, 1.82) is 0 Å². The average Bonchev–Trinajstić information content (AvgIpc) is 2.45. The molecule has 0 N–H and O–H groups in total. The van der Waals surface area contributed by atoms with Crippen LogP contribution in [0.4, 0.5) is 4.39 Å². The first-order valence-corrected chi connectivity index (χ1v) is 8.53. The number of rotatable bonds is 6. The first kappa shape index (κ1) is 19.3. The third-order valence-corrected chi connectivity index (χ3v) is 4.28. The summed E-state index contributed by atoms with van der Waals surface area (Å²) >= 11 is 0. The monoisotopic (exact) mass is 317 g/mol. The van der Waals surface area contributed by atoms with Gasteiger partial charge in [-0.15, -0.1) is 0 Å². The second-order valence-corrected chi connectivity index (χ2v) is 8.15. The van der Waals surface area contributed by atoms with E-state index in [0.29, 0.717) is 25.9 Å². The lowest BCUT2D eigenvalue weighted by molar-refractivity contribution is -0.524. The normalized spacial score (nSPS) is 25.1. The van der Waals surface area contributed by atoms with E-state index in [4.69, 9.17) is 4.74 Å². The largest absolute Gasteiger partial charge is 0.378 e. The van der Waals surface area contributed by atoms with Crippen LogP contribution >= 0.6 is 0 Å². The van der Waals surface area contributed by atoms with Crippen LogP contribution in [-0.4, -0.2) is 29.3 Å². The van der Waals surface area contributed by atoms with Crippen LogP contribution in [0.15, 0.2) is 0 Å². The van der Waals surface area contributed by atoms with Gasteiger partial charge in [0.05, 0.1) is 12.7 Å². The van der Waals surface area contributed by atoms with E-state index in [9.17, 15) is 14.5 Å². The molecule has 0 aliphatic heterocycles. The Balaban J connectivity index is 2.43. The number of halogens is 1. The van der Waals surface area contributed by atoms with Crippen molar-refractivity contribution in [3.05, 3.63) is 10.1 Å². The molecule has 130 valence electrons. The Morgan fingerprint density at radius 2 is 1.64 bits per heavy atom. The summed E-state index contributed by atoms with van der Waals surface area (Å²) in [6, 6.07) is -0.387. The summed E-state index contributed by atoms with van der Waals surface area (Å²) in [5.41, 5.74) is -1.38. The first-order chi connectivity index (χ1) is 10.1. The van der Waals surface area contributed by atoms with Crippen molar-refractivity contribution in [2.45, 2.75) is 96.9 Å². The highest BCUT2D eigenvalue weighted by atomic mass is 19.1. The molecule has 5 heteroatoms. The molecular formula is C17H32FNO3. The van der Waals surface area contributed by atoms with E-state index in [0.717, 1.165) is 32.1 Å². The van der Waals surface area contributed by atoms with E-state index in [1.807, 2.05) is 13.8 Å². The van der Waals surface area contributed by atoms with Crippen LogP contribution in [0.3, 0.4) is 0 Å². The standard InChI is InChI=1S/C17H32FNO3/c1-16(2,12-17(3,4)18)13-22-15-10-6-5-8-14(19(20)21)9-7-11-15/h14-15H,5-13H2,1-4H3. The van der Waals surface area contributed by atoms with Crippen LogP contribution in [0, 0.1) is 15.5 Å². The zero-order valence-corrected chi connectivity index (χ0v) is 14.6. The fraction of sp³-hybridized carbons (Fsp3) is 1.00. The number of ether oxygens (including phenoxy) is 1. The van der Waals surface area contributed by atoms with Crippen molar-refractivity contribution in [3.8, 4) is 0 Å². The lowest BCUT2D eigenvalue weighted by Crippen LogP contribution is -2.30. The van der Waals surface area contributed by atoms with Gasteiger partial charge in [0.15, 0.2) is 0 Å². The average molecular weight is 317 g/mol. The molecule has 1 aliphatic carbocycles. The molecule has 1 saturated carbocycles. The molecule has 1 fully saturated rings. The second kappa shape index (κ2) is 8.23. The summed E-state index contributed by atoms with van der Waals surface area (Å²) in [6.45, 7) is 7.82. The Kier molecular flexibility index (Phi) is 7.23. The third kappa shape index (κ3) is 8.06. The number of nitro groups is 1. The van der Waals surface area contributed by atoms with Gasteiger partial charge in [-0.2, -0.15) is 0 Å². The lowest BCUT2D eigenvalue weighted by atomic mass is 9.83. The van der Waals surface area contributed by atoms with Crippen molar-refractivity contribution >= 4 is 0 Å². The fourth-order valence-corrected chi connectivity index (χ4v) is 3.53. The summed E-state index contributed by atoms with van der Waals surface area (Å²) < 4.78 is 19.9. The molecule has 1 aliphatic rings. The molecule has 0 heterocycles. The topological polar surface area (TPSA) is 52.4 Å². The summed E-state index contributed by atoms with van der Waals surface area (Å²) in [5, 5.41) is 10.9. The zero-order valence-electron chi connectivity index (χ0n) is 14.6. The van der Waals surface area contributed by atoms with Crippen LogP contribution in [0.25, 0.3) is 0 Å². The molecule has 0 aromatic carbocycles. The quantitative estimate of drug-likeness (QED) is 0.516. The minimum Gasteiger partial charge on any atom is -0.378 e. The van der Waals surface area contributed by atoms with Crippen LogP contribution in [0.2, 0.25) is 0 Å². The molecule has 4 nitrogen and oxygen atoms in total. The van der Waals surface area contributed by atoms with E-state index in [-0.39, 0.29) is 22.5 Å². The first-order valence-electron chi connectivity index (χ1n) is 8.53. The smallest absolute Gasteiger partial charge is 0.213 e. The molecule has 0 radical (unpaired) electrons. The van der Waals surface area contributed by atoms with Gasteiger partial charge in [0.1, 0.15) is 5.67 Å². The molecular weight excluding hydrogens is 285 g/mol. The lowest BCUT2D eigenvalue weighted by Gasteiger charge is -2.31. The Hall–Kier alpha value is -0.710. The summed E-state index contributed by atoms with van der Waals surface area (Å²) in [4.78, 5) is 10.8. The van der Waals surface area contributed by atoms with E-state index in [1.54, 1.807) is 13.8 Å².